The summed E-state index contributed by atoms with van der Waals surface area (Å²) in [7, 11) is -0.728. The van der Waals surface area contributed by atoms with Gasteiger partial charge in [-0.05, 0) is 19.1 Å². The highest BCUT2D eigenvalue weighted by atomic mass is 32.2. The number of hydrogen-bond donors (Lipinski definition) is 1. The SMILES string of the molecule is CON(C)C(=O)CCNS(=O)(=O)c1ccc(C)cc1. The molecule has 106 valence electrons. The van der Waals surface area contributed by atoms with E-state index in [4.69, 9.17) is 4.84 Å². The number of nitrogens with one attached hydrogen (secondary N) is 1. The summed E-state index contributed by atoms with van der Waals surface area (Å²) < 4.78 is 26.2. The van der Waals surface area contributed by atoms with E-state index in [1.54, 1.807) is 12.1 Å². The molecule has 0 atom stereocenters. The zero-order valence-corrected chi connectivity index (χ0v) is 12.0. The van der Waals surface area contributed by atoms with Gasteiger partial charge in [-0.3, -0.25) is 9.63 Å². The van der Waals surface area contributed by atoms with Gasteiger partial charge in [0.1, 0.15) is 0 Å². The second-order valence-corrected chi connectivity index (χ2v) is 5.80. The molecule has 0 aliphatic heterocycles. The van der Waals surface area contributed by atoms with Crippen LogP contribution in [0.15, 0.2) is 29.2 Å². The van der Waals surface area contributed by atoms with Crippen LogP contribution in [0.3, 0.4) is 0 Å². The molecule has 0 heterocycles. The van der Waals surface area contributed by atoms with Crippen molar-refractivity contribution < 1.29 is 18.0 Å². The Kier molecular flexibility index (Phi) is 5.46. The first kappa shape index (κ1) is 15.6. The van der Waals surface area contributed by atoms with Crippen LogP contribution in [0.1, 0.15) is 12.0 Å². The fraction of sp³-hybridized carbons (Fsp3) is 0.417. The molecule has 1 aromatic rings. The average molecular weight is 286 g/mol. The Labute approximate surface area is 113 Å². The van der Waals surface area contributed by atoms with Crippen LogP contribution in [0.5, 0.6) is 0 Å². The zero-order valence-electron chi connectivity index (χ0n) is 11.2. The summed E-state index contributed by atoms with van der Waals surface area (Å²) in [5, 5.41) is 1.06. The molecule has 0 radical (unpaired) electrons. The van der Waals surface area contributed by atoms with E-state index in [0.29, 0.717) is 0 Å². The molecular weight excluding hydrogens is 268 g/mol. The third kappa shape index (κ3) is 4.62. The van der Waals surface area contributed by atoms with Gasteiger partial charge in [-0.15, -0.1) is 0 Å². The van der Waals surface area contributed by atoms with Crippen LogP contribution in [-0.4, -0.2) is 40.1 Å². The van der Waals surface area contributed by atoms with Gasteiger partial charge >= 0.3 is 0 Å². The summed E-state index contributed by atoms with van der Waals surface area (Å²) in [5.41, 5.74) is 0.982. The van der Waals surface area contributed by atoms with E-state index in [1.807, 2.05) is 6.92 Å². The van der Waals surface area contributed by atoms with Crippen molar-refractivity contribution in [3.8, 4) is 0 Å². The maximum Gasteiger partial charge on any atom is 0.247 e. The third-order valence-corrected chi connectivity index (χ3v) is 4.06. The summed E-state index contributed by atoms with van der Waals surface area (Å²) in [5.74, 6) is -0.297. The predicted octanol–water partition coefficient (Wildman–Crippen LogP) is 0.683. The molecule has 0 saturated heterocycles. The number of carbonyl (C=O) groups excluding carboxylic acids is 1. The number of hydroxylamine groups is 2. The molecule has 0 spiro atoms. The summed E-state index contributed by atoms with van der Waals surface area (Å²) >= 11 is 0. The Bertz CT molecular complexity index is 525. The number of amides is 1. The van der Waals surface area contributed by atoms with E-state index >= 15 is 0 Å². The smallest absolute Gasteiger partial charge is 0.247 e. The molecule has 0 aliphatic rings. The van der Waals surface area contributed by atoms with Crippen LogP contribution in [-0.2, 0) is 19.7 Å². The van der Waals surface area contributed by atoms with Crippen LogP contribution in [0.25, 0.3) is 0 Å². The molecule has 7 heteroatoms. The topological polar surface area (TPSA) is 75.7 Å². The number of hydrogen-bond acceptors (Lipinski definition) is 4. The zero-order chi connectivity index (χ0) is 14.5. The highest BCUT2D eigenvalue weighted by Gasteiger charge is 2.14. The monoisotopic (exact) mass is 286 g/mol. The maximum absolute atomic E-state index is 11.9. The number of nitrogens with zero attached hydrogens (tertiary/aromatic N) is 1. The lowest BCUT2D eigenvalue weighted by Gasteiger charge is -2.13. The molecule has 0 fully saturated rings. The van der Waals surface area contributed by atoms with Crippen molar-refractivity contribution in [1.82, 2.24) is 9.79 Å². The molecule has 0 bridgehead atoms. The van der Waals surface area contributed by atoms with Crippen LogP contribution in [0, 0.1) is 6.92 Å². The van der Waals surface area contributed by atoms with Crippen molar-refractivity contribution in [1.29, 1.82) is 0 Å². The van der Waals surface area contributed by atoms with Gasteiger partial charge in [0.15, 0.2) is 0 Å². The second-order valence-electron chi connectivity index (χ2n) is 4.03. The van der Waals surface area contributed by atoms with Gasteiger partial charge in [0.05, 0.1) is 12.0 Å². The molecular formula is C12H18N2O4S. The predicted molar refractivity (Wildman–Crippen MR) is 70.8 cm³/mol. The molecule has 0 unspecified atom stereocenters. The van der Waals surface area contributed by atoms with E-state index in [1.165, 1.54) is 26.3 Å². The standard InChI is InChI=1S/C12H18N2O4S/c1-10-4-6-11(7-5-10)19(16,17)13-9-8-12(15)14(2)18-3/h4-7,13H,8-9H2,1-3H3. The molecule has 1 amide bonds. The molecule has 1 rings (SSSR count). The number of benzene rings is 1. The average Bonchev–Trinajstić information content (AvgIpc) is 2.37. The Morgan fingerprint density at radius 2 is 1.89 bits per heavy atom. The first-order chi connectivity index (χ1) is 8.86. The maximum atomic E-state index is 11.9. The number of aryl methyl sites for hydroxylation is 1. The van der Waals surface area contributed by atoms with Crippen LogP contribution >= 0.6 is 0 Å². The molecule has 0 aliphatic carbocycles. The molecule has 1 aromatic carbocycles. The Balaban J connectivity index is 2.57. The normalized spacial score (nSPS) is 11.3. The van der Waals surface area contributed by atoms with E-state index < -0.39 is 10.0 Å². The lowest BCUT2D eigenvalue weighted by atomic mass is 10.2. The number of sulfonamides is 1. The molecule has 19 heavy (non-hydrogen) atoms. The highest BCUT2D eigenvalue weighted by molar-refractivity contribution is 7.89. The first-order valence-electron chi connectivity index (χ1n) is 5.74. The van der Waals surface area contributed by atoms with Crippen LogP contribution in [0.4, 0.5) is 0 Å². The summed E-state index contributed by atoms with van der Waals surface area (Å²) in [6, 6.07) is 6.50. The summed E-state index contributed by atoms with van der Waals surface area (Å²) in [6.45, 7) is 1.91. The van der Waals surface area contributed by atoms with Crippen molar-refractivity contribution >= 4 is 15.9 Å². The van der Waals surface area contributed by atoms with Gasteiger partial charge in [0.25, 0.3) is 0 Å². The van der Waals surface area contributed by atoms with Crippen molar-refractivity contribution in [3.63, 3.8) is 0 Å². The Morgan fingerprint density at radius 3 is 2.42 bits per heavy atom. The molecule has 1 N–H and O–H groups in total. The van der Waals surface area contributed by atoms with Gasteiger partial charge in [0, 0.05) is 20.0 Å². The van der Waals surface area contributed by atoms with E-state index in [-0.39, 0.29) is 23.8 Å². The fourth-order valence-corrected chi connectivity index (χ4v) is 2.38. The van der Waals surface area contributed by atoms with E-state index in [9.17, 15) is 13.2 Å². The van der Waals surface area contributed by atoms with Gasteiger partial charge < -0.3 is 0 Å². The summed E-state index contributed by atoms with van der Waals surface area (Å²) in [6.07, 6.45) is 0.0371. The first-order valence-corrected chi connectivity index (χ1v) is 7.22. The quantitative estimate of drug-likeness (QED) is 0.780. The Hall–Kier alpha value is -1.44. The van der Waals surface area contributed by atoms with Gasteiger partial charge in [-0.25, -0.2) is 18.2 Å². The van der Waals surface area contributed by atoms with Crippen molar-refractivity contribution in [2.24, 2.45) is 0 Å². The summed E-state index contributed by atoms with van der Waals surface area (Å²) in [4.78, 5) is 16.3. The largest absolute Gasteiger partial charge is 0.275 e. The van der Waals surface area contributed by atoms with E-state index in [0.717, 1.165) is 10.6 Å². The second kappa shape index (κ2) is 6.65. The highest BCUT2D eigenvalue weighted by Crippen LogP contribution is 2.09. The minimum atomic E-state index is -3.57. The lowest BCUT2D eigenvalue weighted by Crippen LogP contribution is -2.31. The van der Waals surface area contributed by atoms with Gasteiger partial charge in [-0.1, -0.05) is 17.7 Å². The lowest BCUT2D eigenvalue weighted by molar-refractivity contribution is -0.168. The molecule has 0 saturated carbocycles. The molecule has 0 aromatic heterocycles. The number of carbonyl (C=O) groups is 1. The minimum Gasteiger partial charge on any atom is -0.275 e. The van der Waals surface area contributed by atoms with Gasteiger partial charge in [-0.2, -0.15) is 0 Å². The minimum absolute atomic E-state index is 0.0305. The van der Waals surface area contributed by atoms with E-state index in [2.05, 4.69) is 4.72 Å². The Morgan fingerprint density at radius 1 is 1.32 bits per heavy atom. The van der Waals surface area contributed by atoms with Crippen molar-refractivity contribution in [2.75, 3.05) is 20.7 Å². The molecule has 6 nitrogen and oxygen atoms in total. The third-order valence-electron chi connectivity index (χ3n) is 2.59. The van der Waals surface area contributed by atoms with Crippen molar-refractivity contribution in [2.45, 2.75) is 18.2 Å². The fourth-order valence-electron chi connectivity index (χ4n) is 1.35. The number of rotatable bonds is 6. The van der Waals surface area contributed by atoms with Crippen LogP contribution < -0.4 is 4.72 Å². The van der Waals surface area contributed by atoms with Crippen molar-refractivity contribution in [3.05, 3.63) is 29.8 Å². The van der Waals surface area contributed by atoms with Crippen LogP contribution in [0.2, 0.25) is 0 Å². The van der Waals surface area contributed by atoms with Gasteiger partial charge in [0.2, 0.25) is 15.9 Å².